The van der Waals surface area contributed by atoms with Gasteiger partial charge in [0.1, 0.15) is 5.76 Å². The molecule has 2 aromatic rings. The molecule has 0 aromatic carbocycles. The van der Waals surface area contributed by atoms with Gasteiger partial charge in [-0.3, -0.25) is 16.0 Å². The highest BCUT2D eigenvalue weighted by Gasteiger charge is 2.16. The van der Waals surface area contributed by atoms with E-state index >= 15 is 0 Å². The Morgan fingerprint density at radius 2 is 2.44 bits per heavy atom. The molecule has 0 bridgehead atoms. The number of hydrogen-bond donors (Lipinski definition) is 2. The van der Waals surface area contributed by atoms with Crippen molar-refractivity contribution in [2.75, 3.05) is 0 Å². The van der Waals surface area contributed by atoms with Crippen molar-refractivity contribution in [3.8, 4) is 0 Å². The first-order chi connectivity index (χ1) is 7.70. The van der Waals surface area contributed by atoms with E-state index in [4.69, 9.17) is 10.3 Å². The Hall–Kier alpha value is -1.59. The fourth-order valence-corrected chi connectivity index (χ4v) is 1.84. The van der Waals surface area contributed by atoms with Crippen LogP contribution in [0.1, 0.15) is 23.2 Å². The molecule has 0 aliphatic carbocycles. The fraction of sp³-hybridized carbons (Fsp3) is 0.364. The molecular weight excluding hydrogens is 204 g/mol. The lowest BCUT2D eigenvalue weighted by Crippen LogP contribution is -2.31. The minimum atomic E-state index is 0.0114. The molecule has 2 aromatic heterocycles. The lowest BCUT2D eigenvalue weighted by Gasteiger charge is -2.14. The zero-order valence-electron chi connectivity index (χ0n) is 9.47. The first-order valence-corrected chi connectivity index (χ1v) is 5.19. The van der Waals surface area contributed by atoms with Gasteiger partial charge in [0.25, 0.3) is 0 Å². The Kier molecular flexibility index (Phi) is 3.07. The number of furan rings is 1. The molecule has 0 saturated heterocycles. The molecule has 1 unspecified atom stereocenters. The van der Waals surface area contributed by atoms with Gasteiger partial charge in [-0.25, -0.2) is 0 Å². The van der Waals surface area contributed by atoms with Gasteiger partial charge in [-0.2, -0.15) is 5.10 Å². The number of nitrogens with one attached hydrogen (secondary N) is 1. The number of aromatic nitrogens is 2. The summed E-state index contributed by atoms with van der Waals surface area (Å²) >= 11 is 0. The first-order valence-electron chi connectivity index (χ1n) is 5.19. The number of nitrogens with two attached hydrogens (primary N) is 1. The molecule has 5 heteroatoms. The second-order valence-corrected chi connectivity index (χ2v) is 3.84. The van der Waals surface area contributed by atoms with Crippen molar-refractivity contribution in [3.63, 3.8) is 0 Å². The summed E-state index contributed by atoms with van der Waals surface area (Å²) in [5.41, 5.74) is 4.83. The standard InChI is InChI=1S/C11H16N4O/c1-8-6-11(15(2)14-8)10(13-12)7-9-4-3-5-16-9/h3-6,10,13H,7,12H2,1-2H3. The minimum Gasteiger partial charge on any atom is -0.469 e. The Morgan fingerprint density at radius 1 is 1.62 bits per heavy atom. The molecule has 0 amide bonds. The smallest absolute Gasteiger partial charge is 0.105 e. The van der Waals surface area contributed by atoms with Gasteiger partial charge in [0.15, 0.2) is 0 Å². The van der Waals surface area contributed by atoms with Crippen LogP contribution in [0.25, 0.3) is 0 Å². The normalized spacial score (nSPS) is 12.9. The quantitative estimate of drug-likeness (QED) is 0.597. The molecule has 0 aliphatic heterocycles. The van der Waals surface area contributed by atoms with Crippen molar-refractivity contribution < 1.29 is 4.42 Å². The molecule has 16 heavy (non-hydrogen) atoms. The Balaban J connectivity index is 2.19. The maximum absolute atomic E-state index is 5.57. The molecule has 5 nitrogen and oxygen atoms in total. The molecule has 0 radical (unpaired) electrons. The van der Waals surface area contributed by atoms with E-state index < -0.39 is 0 Å². The zero-order valence-corrected chi connectivity index (χ0v) is 9.47. The van der Waals surface area contributed by atoms with E-state index in [0.717, 1.165) is 17.1 Å². The monoisotopic (exact) mass is 220 g/mol. The van der Waals surface area contributed by atoms with Crippen LogP contribution in [0.3, 0.4) is 0 Å². The molecular formula is C11H16N4O. The third kappa shape index (κ3) is 2.15. The Labute approximate surface area is 94.2 Å². The van der Waals surface area contributed by atoms with Gasteiger partial charge in [-0.15, -0.1) is 0 Å². The summed E-state index contributed by atoms with van der Waals surface area (Å²) in [6, 6.07) is 5.84. The van der Waals surface area contributed by atoms with E-state index in [0.29, 0.717) is 6.42 Å². The summed E-state index contributed by atoms with van der Waals surface area (Å²) in [6.45, 7) is 1.96. The maximum Gasteiger partial charge on any atom is 0.105 e. The highest BCUT2D eigenvalue weighted by atomic mass is 16.3. The van der Waals surface area contributed by atoms with Crippen molar-refractivity contribution >= 4 is 0 Å². The molecule has 0 aliphatic rings. The largest absolute Gasteiger partial charge is 0.469 e. The second kappa shape index (κ2) is 4.51. The molecule has 0 fully saturated rings. The van der Waals surface area contributed by atoms with Gasteiger partial charge in [0.2, 0.25) is 0 Å². The molecule has 2 rings (SSSR count). The highest BCUT2D eigenvalue weighted by Crippen LogP contribution is 2.18. The Morgan fingerprint density at radius 3 is 2.94 bits per heavy atom. The summed E-state index contributed by atoms with van der Waals surface area (Å²) in [5, 5.41) is 4.30. The van der Waals surface area contributed by atoms with Crippen LogP contribution < -0.4 is 11.3 Å². The second-order valence-electron chi connectivity index (χ2n) is 3.84. The van der Waals surface area contributed by atoms with Gasteiger partial charge >= 0.3 is 0 Å². The highest BCUT2D eigenvalue weighted by molar-refractivity contribution is 5.15. The molecule has 0 saturated carbocycles. The number of hydrazine groups is 1. The minimum absolute atomic E-state index is 0.0114. The van der Waals surface area contributed by atoms with Crippen molar-refractivity contribution in [3.05, 3.63) is 41.6 Å². The lowest BCUT2D eigenvalue weighted by molar-refractivity contribution is 0.439. The predicted octanol–water partition coefficient (Wildman–Crippen LogP) is 1.07. The number of aryl methyl sites for hydroxylation is 2. The van der Waals surface area contributed by atoms with Crippen LogP contribution >= 0.6 is 0 Å². The Bertz CT molecular complexity index is 447. The maximum atomic E-state index is 5.57. The van der Waals surface area contributed by atoms with Gasteiger partial charge in [-0.05, 0) is 25.1 Å². The molecule has 1 atom stereocenters. The number of rotatable bonds is 4. The van der Waals surface area contributed by atoms with E-state index in [1.807, 2.05) is 36.9 Å². The summed E-state index contributed by atoms with van der Waals surface area (Å²) < 4.78 is 7.14. The summed E-state index contributed by atoms with van der Waals surface area (Å²) in [6.07, 6.45) is 2.37. The van der Waals surface area contributed by atoms with Gasteiger partial charge < -0.3 is 4.42 Å². The summed E-state index contributed by atoms with van der Waals surface area (Å²) in [7, 11) is 1.91. The average Bonchev–Trinajstić information content (AvgIpc) is 2.85. The van der Waals surface area contributed by atoms with E-state index in [1.54, 1.807) is 6.26 Å². The first kappa shape index (κ1) is 10.9. The van der Waals surface area contributed by atoms with Crippen LogP contribution in [-0.4, -0.2) is 9.78 Å². The number of nitrogens with zero attached hydrogens (tertiary/aromatic N) is 2. The van der Waals surface area contributed by atoms with E-state index in [1.165, 1.54) is 0 Å². The van der Waals surface area contributed by atoms with E-state index in [2.05, 4.69) is 10.5 Å². The van der Waals surface area contributed by atoms with Crippen LogP contribution in [0.5, 0.6) is 0 Å². The van der Waals surface area contributed by atoms with Crippen LogP contribution in [0.15, 0.2) is 28.9 Å². The van der Waals surface area contributed by atoms with Gasteiger partial charge in [0.05, 0.1) is 23.7 Å². The van der Waals surface area contributed by atoms with E-state index in [-0.39, 0.29) is 6.04 Å². The predicted molar refractivity (Wildman–Crippen MR) is 60.4 cm³/mol. The fourth-order valence-electron chi connectivity index (χ4n) is 1.84. The van der Waals surface area contributed by atoms with Crippen molar-refractivity contribution in [1.29, 1.82) is 0 Å². The van der Waals surface area contributed by atoms with Crippen LogP contribution in [-0.2, 0) is 13.5 Å². The summed E-state index contributed by atoms with van der Waals surface area (Å²) in [5.74, 6) is 6.47. The SMILES string of the molecule is Cc1cc(C(Cc2ccco2)NN)n(C)n1. The molecule has 3 N–H and O–H groups in total. The molecule has 86 valence electrons. The number of hydrogen-bond acceptors (Lipinski definition) is 4. The van der Waals surface area contributed by atoms with Gasteiger partial charge in [-0.1, -0.05) is 0 Å². The van der Waals surface area contributed by atoms with Gasteiger partial charge in [0, 0.05) is 13.5 Å². The van der Waals surface area contributed by atoms with Crippen LogP contribution in [0, 0.1) is 6.92 Å². The van der Waals surface area contributed by atoms with E-state index in [9.17, 15) is 0 Å². The topological polar surface area (TPSA) is 69.0 Å². The molecule has 2 heterocycles. The van der Waals surface area contributed by atoms with Crippen LogP contribution in [0.4, 0.5) is 0 Å². The van der Waals surface area contributed by atoms with Crippen molar-refractivity contribution in [2.45, 2.75) is 19.4 Å². The lowest BCUT2D eigenvalue weighted by atomic mass is 10.1. The zero-order chi connectivity index (χ0) is 11.5. The summed E-state index contributed by atoms with van der Waals surface area (Å²) in [4.78, 5) is 0. The third-order valence-electron chi connectivity index (χ3n) is 2.58. The van der Waals surface area contributed by atoms with Crippen LogP contribution in [0.2, 0.25) is 0 Å². The van der Waals surface area contributed by atoms with Crippen molar-refractivity contribution in [2.24, 2.45) is 12.9 Å². The molecule has 0 spiro atoms. The average molecular weight is 220 g/mol. The third-order valence-corrected chi connectivity index (χ3v) is 2.58. The van der Waals surface area contributed by atoms with Crippen molar-refractivity contribution in [1.82, 2.24) is 15.2 Å².